The first kappa shape index (κ1) is 26.6. The summed E-state index contributed by atoms with van der Waals surface area (Å²) in [6.45, 7) is 7.24. The van der Waals surface area contributed by atoms with E-state index in [-0.39, 0.29) is 5.91 Å². The fourth-order valence-corrected chi connectivity index (χ4v) is 5.46. The summed E-state index contributed by atoms with van der Waals surface area (Å²) < 4.78 is 2.29. The molecule has 1 fully saturated rings. The van der Waals surface area contributed by atoms with E-state index in [0.717, 1.165) is 49.3 Å². The lowest BCUT2D eigenvalue weighted by Gasteiger charge is -2.27. The van der Waals surface area contributed by atoms with Crippen molar-refractivity contribution < 1.29 is 4.79 Å². The number of carbonyl (C=O) groups excluding carboxylic acids is 1. The number of imidazole rings is 1. The maximum Gasteiger partial charge on any atom is 0.254 e. The molecule has 0 aliphatic carbocycles. The predicted octanol–water partition coefficient (Wildman–Crippen LogP) is 6.38. The number of hydrogen-bond donors (Lipinski definition) is 0. The third-order valence-corrected chi connectivity index (χ3v) is 7.69. The number of para-hydroxylation sites is 2. The quantitative estimate of drug-likeness (QED) is 0.244. The molecule has 3 aromatic carbocycles. The lowest BCUT2D eigenvalue weighted by atomic mass is 10.0. The second-order valence-electron chi connectivity index (χ2n) is 10.5. The molecule has 0 spiro atoms. The average molecular weight is 520 g/mol. The molecule has 0 N–H and O–H groups in total. The molecule has 0 atom stereocenters. The number of aromatic nitrogens is 2. The Kier molecular flexibility index (Phi) is 8.70. The Balaban J connectivity index is 1.46. The summed E-state index contributed by atoms with van der Waals surface area (Å²) >= 11 is 0. The second kappa shape index (κ2) is 12.7. The van der Waals surface area contributed by atoms with Crippen molar-refractivity contribution in [3.8, 4) is 6.07 Å². The van der Waals surface area contributed by atoms with Crippen LogP contribution in [0.25, 0.3) is 11.0 Å². The Morgan fingerprint density at radius 1 is 0.923 bits per heavy atom. The van der Waals surface area contributed by atoms with Crippen LogP contribution in [0, 0.1) is 11.3 Å². The van der Waals surface area contributed by atoms with Crippen molar-refractivity contribution in [1.29, 1.82) is 5.26 Å². The third-order valence-electron chi connectivity index (χ3n) is 7.69. The maximum atomic E-state index is 13.6. The number of amides is 1. The third kappa shape index (κ3) is 6.38. The summed E-state index contributed by atoms with van der Waals surface area (Å²) in [6.07, 6.45) is 5.80. The fraction of sp³-hybridized carbons (Fsp3) is 0.364. The summed E-state index contributed by atoms with van der Waals surface area (Å²) in [6, 6.07) is 26.0. The highest BCUT2D eigenvalue weighted by Gasteiger charge is 2.21. The molecular formula is C33H37N5O. The Bertz CT molecular complexity index is 1440. The SMILES string of the molecule is CCCCN(Cc1nc2ccccc2n1Cc1ccccc1CN1CCCCC1)C(=O)c1ccc(C#N)cc1. The van der Waals surface area contributed by atoms with Crippen LogP contribution in [0.1, 0.15) is 71.9 Å². The van der Waals surface area contributed by atoms with Crippen LogP contribution >= 0.6 is 0 Å². The molecule has 1 aliphatic heterocycles. The summed E-state index contributed by atoms with van der Waals surface area (Å²) in [5.41, 5.74) is 5.84. The zero-order valence-corrected chi connectivity index (χ0v) is 22.9. The Morgan fingerprint density at radius 3 is 2.33 bits per heavy atom. The van der Waals surface area contributed by atoms with E-state index in [1.165, 1.54) is 30.4 Å². The van der Waals surface area contributed by atoms with E-state index in [1.807, 2.05) is 17.0 Å². The largest absolute Gasteiger partial charge is 0.331 e. The minimum Gasteiger partial charge on any atom is -0.331 e. The standard InChI is InChI=1S/C33H37N5O/c1-2-3-21-37(33(39)27-17-15-26(22-34)16-18-27)25-32-35-30-13-7-8-14-31(30)38(32)24-29-12-6-5-11-28(29)23-36-19-9-4-10-20-36/h5-8,11-18H,2-4,9-10,19-21,23-25H2,1H3. The van der Waals surface area contributed by atoms with Crippen molar-refractivity contribution in [3.05, 3.63) is 101 Å². The first-order chi connectivity index (χ1) is 19.2. The number of benzene rings is 3. The normalized spacial score (nSPS) is 13.8. The van der Waals surface area contributed by atoms with Crippen LogP contribution < -0.4 is 0 Å². The molecule has 4 aromatic rings. The van der Waals surface area contributed by atoms with E-state index >= 15 is 0 Å². The molecule has 0 radical (unpaired) electrons. The molecule has 1 saturated heterocycles. The van der Waals surface area contributed by atoms with E-state index in [9.17, 15) is 4.79 Å². The van der Waals surface area contributed by atoms with Crippen LogP contribution in [0.3, 0.4) is 0 Å². The van der Waals surface area contributed by atoms with Gasteiger partial charge in [0.05, 0.1) is 29.2 Å². The van der Waals surface area contributed by atoms with Crippen LogP contribution in [0.15, 0.2) is 72.8 Å². The summed E-state index contributed by atoms with van der Waals surface area (Å²) in [5, 5.41) is 9.16. The number of hydrogen-bond acceptors (Lipinski definition) is 4. The van der Waals surface area contributed by atoms with Crippen molar-refractivity contribution in [2.45, 2.75) is 58.7 Å². The molecular weight excluding hydrogens is 482 g/mol. The molecule has 0 saturated carbocycles. The highest BCUT2D eigenvalue weighted by Crippen LogP contribution is 2.23. The summed E-state index contributed by atoms with van der Waals surface area (Å²) in [4.78, 5) is 23.1. The number of nitriles is 1. The summed E-state index contributed by atoms with van der Waals surface area (Å²) in [7, 11) is 0. The zero-order chi connectivity index (χ0) is 27.0. The number of fused-ring (bicyclic) bond motifs is 1. The maximum absolute atomic E-state index is 13.6. The monoisotopic (exact) mass is 519 g/mol. The van der Waals surface area contributed by atoms with Gasteiger partial charge in [0.2, 0.25) is 0 Å². The molecule has 1 amide bonds. The van der Waals surface area contributed by atoms with Crippen molar-refractivity contribution in [1.82, 2.24) is 19.4 Å². The van der Waals surface area contributed by atoms with E-state index in [0.29, 0.717) is 30.8 Å². The number of likely N-dealkylation sites (tertiary alicyclic amines) is 1. The molecule has 6 heteroatoms. The van der Waals surface area contributed by atoms with Crippen molar-refractivity contribution in [3.63, 3.8) is 0 Å². The summed E-state index contributed by atoms with van der Waals surface area (Å²) in [5.74, 6) is 0.860. The fourth-order valence-electron chi connectivity index (χ4n) is 5.46. The van der Waals surface area contributed by atoms with E-state index in [4.69, 9.17) is 10.2 Å². The molecule has 200 valence electrons. The Hall–Kier alpha value is -3.95. The van der Waals surface area contributed by atoms with E-state index < -0.39 is 0 Å². The van der Waals surface area contributed by atoms with Gasteiger partial charge in [0, 0.05) is 25.2 Å². The van der Waals surface area contributed by atoms with Crippen molar-refractivity contribution >= 4 is 16.9 Å². The molecule has 6 nitrogen and oxygen atoms in total. The van der Waals surface area contributed by atoms with Gasteiger partial charge in [-0.2, -0.15) is 5.26 Å². The Morgan fingerprint density at radius 2 is 1.62 bits per heavy atom. The topological polar surface area (TPSA) is 65.2 Å². The first-order valence-electron chi connectivity index (χ1n) is 14.2. The van der Waals surface area contributed by atoms with Gasteiger partial charge in [-0.3, -0.25) is 9.69 Å². The lowest BCUT2D eigenvalue weighted by molar-refractivity contribution is 0.0735. The van der Waals surface area contributed by atoms with Gasteiger partial charge < -0.3 is 9.47 Å². The minimum absolute atomic E-state index is 0.0305. The lowest BCUT2D eigenvalue weighted by Crippen LogP contribution is -2.33. The molecule has 39 heavy (non-hydrogen) atoms. The van der Waals surface area contributed by atoms with Gasteiger partial charge in [-0.25, -0.2) is 4.98 Å². The second-order valence-corrected chi connectivity index (χ2v) is 10.5. The number of rotatable bonds is 10. The molecule has 1 aromatic heterocycles. The first-order valence-corrected chi connectivity index (χ1v) is 14.2. The smallest absolute Gasteiger partial charge is 0.254 e. The van der Waals surface area contributed by atoms with Gasteiger partial charge in [-0.15, -0.1) is 0 Å². The molecule has 5 rings (SSSR count). The van der Waals surface area contributed by atoms with Gasteiger partial charge in [-0.05, 0) is 79.9 Å². The number of carbonyl (C=O) groups is 1. The average Bonchev–Trinajstić information content (AvgIpc) is 3.33. The van der Waals surface area contributed by atoms with Gasteiger partial charge in [0.1, 0.15) is 5.82 Å². The van der Waals surface area contributed by atoms with Crippen LogP contribution in [0.5, 0.6) is 0 Å². The molecule has 0 unspecified atom stereocenters. The van der Waals surface area contributed by atoms with Gasteiger partial charge in [0.25, 0.3) is 5.91 Å². The number of piperidine rings is 1. The van der Waals surface area contributed by atoms with E-state index in [2.05, 4.69) is 58.9 Å². The molecule has 1 aliphatic rings. The number of unbranched alkanes of at least 4 members (excludes halogenated alkanes) is 1. The van der Waals surface area contributed by atoms with Crippen molar-refractivity contribution in [2.24, 2.45) is 0 Å². The predicted molar refractivity (Wildman–Crippen MR) is 155 cm³/mol. The van der Waals surface area contributed by atoms with Gasteiger partial charge in [0.15, 0.2) is 0 Å². The van der Waals surface area contributed by atoms with Crippen LogP contribution in [-0.2, 0) is 19.6 Å². The zero-order valence-electron chi connectivity index (χ0n) is 22.9. The Labute approximate surface area is 231 Å². The van der Waals surface area contributed by atoms with Crippen LogP contribution in [0.4, 0.5) is 0 Å². The minimum atomic E-state index is -0.0305. The van der Waals surface area contributed by atoms with Gasteiger partial charge in [-0.1, -0.05) is 56.2 Å². The highest BCUT2D eigenvalue weighted by molar-refractivity contribution is 5.94. The number of nitrogens with zero attached hydrogens (tertiary/aromatic N) is 5. The molecule has 0 bridgehead atoms. The van der Waals surface area contributed by atoms with E-state index in [1.54, 1.807) is 24.3 Å². The van der Waals surface area contributed by atoms with Gasteiger partial charge >= 0.3 is 0 Å². The van der Waals surface area contributed by atoms with Crippen molar-refractivity contribution in [2.75, 3.05) is 19.6 Å². The van der Waals surface area contributed by atoms with Crippen LogP contribution in [0.2, 0.25) is 0 Å². The molecule has 2 heterocycles. The highest BCUT2D eigenvalue weighted by atomic mass is 16.2. The van der Waals surface area contributed by atoms with Crippen LogP contribution in [-0.4, -0.2) is 44.9 Å².